The number of hydrogen-bond donors (Lipinski definition) is 2. The zero-order valence-electron chi connectivity index (χ0n) is 24.5. The second-order valence-corrected chi connectivity index (χ2v) is 12.0. The highest BCUT2D eigenvalue weighted by Gasteiger charge is 2.31. The number of ether oxygens (including phenoxy) is 1. The molecule has 0 radical (unpaired) electrons. The molecule has 44 heavy (non-hydrogen) atoms. The van der Waals surface area contributed by atoms with Crippen molar-refractivity contribution in [2.75, 3.05) is 24.4 Å². The maximum absolute atomic E-state index is 12.8. The lowest BCUT2D eigenvalue weighted by atomic mass is 10.00. The van der Waals surface area contributed by atoms with Gasteiger partial charge in [-0.05, 0) is 67.1 Å². The number of halogens is 1. The molecule has 1 aliphatic heterocycles. The molecule has 232 valence electrons. The lowest BCUT2D eigenvalue weighted by Crippen LogP contribution is -2.42. The van der Waals surface area contributed by atoms with E-state index in [0.717, 1.165) is 38.4 Å². The van der Waals surface area contributed by atoms with E-state index in [1.54, 1.807) is 11.0 Å². The van der Waals surface area contributed by atoms with Crippen molar-refractivity contribution >= 4 is 35.6 Å². The molecule has 8 nitrogen and oxygen atoms in total. The van der Waals surface area contributed by atoms with Crippen molar-refractivity contribution in [3.63, 3.8) is 0 Å². The molecular formula is C34H40ClN5O3S. The van der Waals surface area contributed by atoms with Gasteiger partial charge in [0.2, 0.25) is 5.95 Å². The van der Waals surface area contributed by atoms with Gasteiger partial charge >= 0.3 is 6.09 Å². The minimum atomic E-state index is -0.697. The maximum atomic E-state index is 12.8. The number of nitrogens with one attached hydrogen (secondary N) is 1. The van der Waals surface area contributed by atoms with Crippen molar-refractivity contribution in [3.05, 3.63) is 106 Å². The normalized spacial score (nSPS) is 17.0. The highest BCUT2D eigenvalue weighted by Crippen LogP contribution is 2.29. The molecule has 1 fully saturated rings. The second kappa shape index (κ2) is 15.4. The van der Waals surface area contributed by atoms with Crippen LogP contribution in [-0.2, 0) is 17.9 Å². The number of benzene rings is 3. The third kappa shape index (κ3) is 8.51. The number of aliphatic hydroxyl groups is 1. The van der Waals surface area contributed by atoms with Crippen molar-refractivity contribution in [3.8, 4) is 11.3 Å². The van der Waals surface area contributed by atoms with E-state index in [4.69, 9.17) is 21.3 Å². The molecule has 0 saturated carbocycles. The fourth-order valence-electron chi connectivity index (χ4n) is 5.22. The van der Waals surface area contributed by atoms with Crippen LogP contribution in [0.4, 0.5) is 10.7 Å². The van der Waals surface area contributed by atoms with Crippen LogP contribution in [-0.4, -0.2) is 62.7 Å². The number of carbonyl (C=O) groups excluding carboxylic acids is 1. The Morgan fingerprint density at radius 3 is 2.45 bits per heavy atom. The third-order valence-corrected chi connectivity index (χ3v) is 8.61. The molecule has 1 aromatic heterocycles. The highest BCUT2D eigenvalue weighted by molar-refractivity contribution is 8.00. The monoisotopic (exact) mass is 633 g/mol. The highest BCUT2D eigenvalue weighted by atomic mass is 35.5. The first kappa shape index (κ1) is 33.3. The average Bonchev–Trinajstić information content (AvgIpc) is 3.13. The van der Waals surface area contributed by atoms with Gasteiger partial charge in [-0.3, -0.25) is 9.62 Å². The molecule has 0 aliphatic carbocycles. The first-order chi connectivity index (χ1) is 20.8. The van der Waals surface area contributed by atoms with Gasteiger partial charge in [0.25, 0.3) is 0 Å². The third-order valence-electron chi connectivity index (χ3n) is 7.64. The van der Waals surface area contributed by atoms with Crippen molar-refractivity contribution in [2.24, 2.45) is 0 Å². The summed E-state index contributed by atoms with van der Waals surface area (Å²) in [6.45, 7) is 8.27. The molecule has 1 aliphatic rings. The van der Waals surface area contributed by atoms with Crippen LogP contribution in [0.1, 0.15) is 36.6 Å². The van der Waals surface area contributed by atoms with Crippen LogP contribution < -0.4 is 4.72 Å². The lowest BCUT2D eigenvalue weighted by molar-refractivity contribution is 0.0528. The Bertz CT molecular complexity index is 1540. The van der Waals surface area contributed by atoms with Crippen molar-refractivity contribution in [1.82, 2.24) is 19.8 Å². The van der Waals surface area contributed by atoms with E-state index in [0.29, 0.717) is 30.7 Å². The summed E-state index contributed by atoms with van der Waals surface area (Å²) in [4.78, 5) is 26.7. The fourth-order valence-corrected chi connectivity index (χ4v) is 6.06. The molecule has 0 spiro atoms. The average molecular weight is 634 g/mol. The van der Waals surface area contributed by atoms with Crippen LogP contribution in [0, 0.1) is 13.8 Å². The summed E-state index contributed by atoms with van der Waals surface area (Å²) >= 11 is 7.79. The van der Waals surface area contributed by atoms with Crippen LogP contribution in [0.5, 0.6) is 0 Å². The van der Waals surface area contributed by atoms with Gasteiger partial charge in [0.05, 0.1) is 18.3 Å². The SMILES string of the molecule is C.Cc1cccc(C)c1-c1cc(Cl)nc(NSc2cccc(CN3CCN(C(=O)OCc4ccccc4)CC(O)[C@H]3C)c2)n1. The topological polar surface area (TPSA) is 90.8 Å². The number of amides is 1. The Hall–Kier alpha value is -3.63. The van der Waals surface area contributed by atoms with Crippen molar-refractivity contribution in [1.29, 1.82) is 0 Å². The number of aryl methyl sites for hydroxylation is 2. The molecule has 10 heteroatoms. The number of aromatic nitrogens is 2. The number of aliphatic hydroxyl groups excluding tert-OH is 1. The van der Waals surface area contributed by atoms with Gasteiger partial charge in [-0.15, -0.1) is 0 Å². The molecule has 2 heterocycles. The molecule has 0 bridgehead atoms. The summed E-state index contributed by atoms with van der Waals surface area (Å²) in [7, 11) is 0. The first-order valence-corrected chi connectivity index (χ1v) is 15.5. The minimum Gasteiger partial charge on any atom is -0.445 e. The quantitative estimate of drug-likeness (QED) is 0.154. The van der Waals surface area contributed by atoms with E-state index in [2.05, 4.69) is 52.7 Å². The number of carbonyl (C=O) groups is 1. The van der Waals surface area contributed by atoms with Crippen LogP contribution in [0.3, 0.4) is 0 Å². The van der Waals surface area contributed by atoms with E-state index in [1.165, 1.54) is 11.9 Å². The van der Waals surface area contributed by atoms with Crippen LogP contribution in [0.2, 0.25) is 5.15 Å². The Labute approximate surface area is 269 Å². The molecule has 1 saturated heterocycles. The smallest absolute Gasteiger partial charge is 0.410 e. The van der Waals surface area contributed by atoms with Gasteiger partial charge < -0.3 is 14.7 Å². The van der Waals surface area contributed by atoms with E-state index < -0.39 is 12.2 Å². The van der Waals surface area contributed by atoms with Crippen LogP contribution >= 0.6 is 23.5 Å². The van der Waals surface area contributed by atoms with Crippen molar-refractivity contribution < 1.29 is 14.6 Å². The van der Waals surface area contributed by atoms with Gasteiger partial charge in [-0.2, -0.15) is 0 Å². The van der Waals surface area contributed by atoms with Gasteiger partial charge in [-0.25, -0.2) is 14.8 Å². The van der Waals surface area contributed by atoms with E-state index in [1.807, 2.05) is 55.5 Å². The van der Waals surface area contributed by atoms with Gasteiger partial charge in [0.1, 0.15) is 11.8 Å². The van der Waals surface area contributed by atoms with Gasteiger partial charge in [0.15, 0.2) is 0 Å². The number of hydrogen-bond acceptors (Lipinski definition) is 8. The summed E-state index contributed by atoms with van der Waals surface area (Å²) in [6.07, 6.45) is -1.11. The Morgan fingerprint density at radius 2 is 1.70 bits per heavy atom. The second-order valence-electron chi connectivity index (χ2n) is 10.8. The number of nitrogens with zero attached hydrogens (tertiary/aromatic N) is 4. The standard InChI is InChI=1S/C33H36ClN5O3S.CH4/c1-22-9-7-10-23(2)31(22)28-18-30(34)36-32(35-28)37-43-27-14-8-13-26(17-27)19-38-15-16-39(20-29(40)24(38)3)33(41)42-21-25-11-5-4-6-12-25;/h4-14,17-18,24,29,40H,15-16,19-21H2,1-3H3,(H,35,36,37);1H4/t24-,29?;/m1./s1. The zero-order valence-corrected chi connectivity index (χ0v) is 26.1. The zero-order chi connectivity index (χ0) is 30.3. The predicted octanol–water partition coefficient (Wildman–Crippen LogP) is 7.37. The predicted molar refractivity (Wildman–Crippen MR) is 179 cm³/mol. The molecule has 2 N–H and O–H groups in total. The van der Waals surface area contributed by atoms with Gasteiger partial charge in [-0.1, -0.05) is 79.7 Å². The number of β-amino-alcohol motifs (C(OH)–C–C–N with tert-alkyl or cyclic N) is 1. The molecular weight excluding hydrogens is 594 g/mol. The Morgan fingerprint density at radius 1 is 1.00 bits per heavy atom. The van der Waals surface area contributed by atoms with E-state index in [-0.39, 0.29) is 26.6 Å². The fraction of sp³-hybridized carbons (Fsp3) is 0.324. The molecule has 4 aromatic rings. The van der Waals surface area contributed by atoms with Crippen LogP contribution in [0.15, 0.2) is 83.8 Å². The first-order valence-electron chi connectivity index (χ1n) is 14.3. The molecule has 5 rings (SSSR count). The van der Waals surface area contributed by atoms with E-state index in [9.17, 15) is 9.90 Å². The molecule has 2 atom stereocenters. The largest absolute Gasteiger partial charge is 0.445 e. The molecule has 1 amide bonds. The maximum Gasteiger partial charge on any atom is 0.410 e. The Balaban J connectivity index is 0.00000442. The lowest BCUT2D eigenvalue weighted by Gasteiger charge is -2.29. The summed E-state index contributed by atoms with van der Waals surface area (Å²) in [5, 5.41) is 11.3. The molecule has 3 aromatic carbocycles. The summed E-state index contributed by atoms with van der Waals surface area (Å²) in [5.74, 6) is 0.434. The number of anilines is 1. The van der Waals surface area contributed by atoms with E-state index >= 15 is 0 Å². The number of rotatable bonds is 8. The minimum absolute atomic E-state index is 0. The summed E-state index contributed by atoms with van der Waals surface area (Å²) in [6, 6.07) is 25.6. The van der Waals surface area contributed by atoms with Crippen LogP contribution in [0.25, 0.3) is 11.3 Å². The molecule has 1 unspecified atom stereocenters. The Kier molecular flexibility index (Phi) is 11.6. The van der Waals surface area contributed by atoms with Gasteiger partial charge in [0, 0.05) is 42.2 Å². The summed E-state index contributed by atoms with van der Waals surface area (Å²) in [5.41, 5.74) is 6.10. The summed E-state index contributed by atoms with van der Waals surface area (Å²) < 4.78 is 8.77. The van der Waals surface area contributed by atoms with Crippen molar-refractivity contribution in [2.45, 2.75) is 58.4 Å².